The molecule has 0 saturated carbocycles. The van der Waals surface area contributed by atoms with Crippen molar-refractivity contribution in [3.05, 3.63) is 83.4 Å². The standard InChI is InChI=1S/C28H30N2O5/c1-28(2,15-19-4-12-25(34-3)13-5-19)30-17-24(31)18-35-26-14-22(10-11-23(26)16-29)20-6-8-21(9-7-20)27(32)33/h4-14,24,30-31H,15,17-18H2,1-3H3,(H,32,33)/t24-/m0/s1. The van der Waals surface area contributed by atoms with Crippen LogP contribution in [-0.2, 0) is 6.42 Å². The Kier molecular flexibility index (Phi) is 8.48. The van der Waals surface area contributed by atoms with Crippen LogP contribution in [0.15, 0.2) is 66.7 Å². The molecule has 7 heteroatoms. The SMILES string of the molecule is COc1ccc(CC(C)(C)NC[C@H](O)COc2cc(-c3ccc(C(=O)O)cc3)ccc2C#N)cc1. The van der Waals surface area contributed by atoms with Crippen LogP contribution in [0.2, 0.25) is 0 Å². The third-order valence-corrected chi connectivity index (χ3v) is 5.62. The van der Waals surface area contributed by atoms with Crippen LogP contribution in [-0.4, -0.2) is 48.1 Å². The number of carboxylic acids is 1. The monoisotopic (exact) mass is 474 g/mol. The highest BCUT2D eigenvalue weighted by Crippen LogP contribution is 2.27. The van der Waals surface area contributed by atoms with E-state index in [0.717, 1.165) is 28.9 Å². The van der Waals surface area contributed by atoms with Gasteiger partial charge in [-0.2, -0.15) is 5.26 Å². The zero-order chi connectivity index (χ0) is 25.4. The number of nitriles is 1. The maximum absolute atomic E-state index is 11.1. The topological polar surface area (TPSA) is 112 Å². The summed E-state index contributed by atoms with van der Waals surface area (Å²) in [5.41, 5.74) is 3.03. The highest BCUT2D eigenvalue weighted by molar-refractivity contribution is 5.88. The number of aliphatic hydroxyl groups is 1. The molecule has 7 nitrogen and oxygen atoms in total. The Morgan fingerprint density at radius 3 is 2.31 bits per heavy atom. The third kappa shape index (κ3) is 7.31. The number of rotatable bonds is 11. The number of ether oxygens (including phenoxy) is 2. The quantitative estimate of drug-likeness (QED) is 0.380. The molecule has 0 bridgehead atoms. The molecule has 0 spiro atoms. The van der Waals surface area contributed by atoms with Gasteiger partial charge < -0.3 is 25.0 Å². The van der Waals surface area contributed by atoms with E-state index in [4.69, 9.17) is 14.6 Å². The van der Waals surface area contributed by atoms with Gasteiger partial charge in [-0.3, -0.25) is 0 Å². The van der Waals surface area contributed by atoms with E-state index in [-0.39, 0.29) is 17.7 Å². The lowest BCUT2D eigenvalue weighted by molar-refractivity contribution is 0.0697. The predicted molar refractivity (Wildman–Crippen MR) is 134 cm³/mol. The Hall–Kier alpha value is -3.86. The predicted octanol–water partition coefficient (Wildman–Crippen LogP) is 4.28. The normalized spacial score (nSPS) is 12.0. The van der Waals surface area contributed by atoms with E-state index in [1.54, 1.807) is 37.4 Å². The Labute approximate surface area is 205 Å². The molecule has 0 aliphatic rings. The van der Waals surface area contributed by atoms with Crippen molar-refractivity contribution in [2.24, 2.45) is 0 Å². The highest BCUT2D eigenvalue weighted by atomic mass is 16.5. The Balaban J connectivity index is 1.59. The molecule has 182 valence electrons. The van der Waals surface area contributed by atoms with Crippen LogP contribution in [0.25, 0.3) is 11.1 Å². The smallest absolute Gasteiger partial charge is 0.335 e. The summed E-state index contributed by atoms with van der Waals surface area (Å²) in [6.07, 6.45) is -0.0125. The van der Waals surface area contributed by atoms with Gasteiger partial charge in [0.25, 0.3) is 0 Å². The number of aliphatic hydroxyl groups excluding tert-OH is 1. The fourth-order valence-corrected chi connectivity index (χ4v) is 3.67. The van der Waals surface area contributed by atoms with Gasteiger partial charge in [-0.1, -0.05) is 30.3 Å². The molecule has 3 aromatic carbocycles. The van der Waals surface area contributed by atoms with Gasteiger partial charge in [0, 0.05) is 12.1 Å². The van der Waals surface area contributed by atoms with Crippen LogP contribution >= 0.6 is 0 Å². The molecule has 0 fully saturated rings. The van der Waals surface area contributed by atoms with Crippen LogP contribution in [0.4, 0.5) is 0 Å². The fourth-order valence-electron chi connectivity index (χ4n) is 3.67. The number of methoxy groups -OCH3 is 1. The van der Waals surface area contributed by atoms with Crippen LogP contribution in [0.5, 0.6) is 11.5 Å². The van der Waals surface area contributed by atoms with Gasteiger partial charge in [-0.15, -0.1) is 0 Å². The molecule has 0 heterocycles. The first-order chi connectivity index (χ1) is 16.7. The minimum Gasteiger partial charge on any atom is -0.497 e. The van der Waals surface area contributed by atoms with Gasteiger partial charge in [0.1, 0.15) is 30.3 Å². The van der Waals surface area contributed by atoms with Crippen molar-refractivity contribution in [1.29, 1.82) is 5.26 Å². The molecule has 3 N–H and O–H groups in total. The Morgan fingerprint density at radius 1 is 1.06 bits per heavy atom. The Bertz CT molecular complexity index is 1180. The number of nitrogens with zero attached hydrogens (tertiary/aromatic N) is 1. The average Bonchev–Trinajstić information content (AvgIpc) is 2.86. The van der Waals surface area contributed by atoms with Crippen molar-refractivity contribution >= 4 is 5.97 Å². The second-order valence-corrected chi connectivity index (χ2v) is 8.96. The van der Waals surface area contributed by atoms with Gasteiger partial charge >= 0.3 is 5.97 Å². The zero-order valence-electron chi connectivity index (χ0n) is 20.1. The van der Waals surface area contributed by atoms with Gasteiger partial charge in [-0.05, 0) is 73.4 Å². The van der Waals surface area contributed by atoms with E-state index < -0.39 is 12.1 Å². The van der Waals surface area contributed by atoms with E-state index in [0.29, 0.717) is 17.9 Å². The van der Waals surface area contributed by atoms with E-state index in [1.807, 2.05) is 24.3 Å². The van der Waals surface area contributed by atoms with Crippen molar-refractivity contribution in [1.82, 2.24) is 5.32 Å². The largest absolute Gasteiger partial charge is 0.497 e. The van der Waals surface area contributed by atoms with Crippen molar-refractivity contribution in [2.45, 2.75) is 31.9 Å². The minimum atomic E-state index is -0.991. The van der Waals surface area contributed by atoms with Crippen LogP contribution in [0.3, 0.4) is 0 Å². The molecule has 3 aromatic rings. The average molecular weight is 475 g/mol. The van der Waals surface area contributed by atoms with Crippen LogP contribution < -0.4 is 14.8 Å². The molecule has 35 heavy (non-hydrogen) atoms. The molecule has 0 aliphatic heterocycles. The first kappa shape index (κ1) is 25.8. The summed E-state index contributed by atoms with van der Waals surface area (Å²) >= 11 is 0. The molecular weight excluding hydrogens is 444 g/mol. The number of carbonyl (C=O) groups is 1. The second-order valence-electron chi connectivity index (χ2n) is 8.96. The van der Waals surface area contributed by atoms with Gasteiger partial charge in [0.15, 0.2) is 0 Å². The number of benzene rings is 3. The maximum Gasteiger partial charge on any atom is 0.335 e. The molecule has 0 saturated heterocycles. The van der Waals surface area contributed by atoms with E-state index >= 15 is 0 Å². The summed E-state index contributed by atoms with van der Waals surface area (Å²) in [5.74, 6) is 0.184. The molecule has 0 unspecified atom stereocenters. The number of β-amino-alcohol motifs (C(OH)–C–C–N with tert-alkyl or cyclic N) is 1. The lowest BCUT2D eigenvalue weighted by Gasteiger charge is -2.28. The summed E-state index contributed by atoms with van der Waals surface area (Å²) in [6.45, 7) is 4.47. The number of nitrogens with one attached hydrogen (secondary N) is 1. The van der Waals surface area contributed by atoms with Crippen molar-refractivity contribution in [3.8, 4) is 28.7 Å². The zero-order valence-corrected chi connectivity index (χ0v) is 20.1. The molecular formula is C28H30N2O5. The lowest BCUT2D eigenvalue weighted by Crippen LogP contribution is -2.46. The molecule has 0 aromatic heterocycles. The molecule has 0 radical (unpaired) electrons. The summed E-state index contributed by atoms with van der Waals surface area (Å²) in [7, 11) is 1.64. The van der Waals surface area contributed by atoms with Gasteiger partial charge in [0.05, 0.1) is 18.2 Å². The van der Waals surface area contributed by atoms with Crippen LogP contribution in [0.1, 0.15) is 35.3 Å². The van der Waals surface area contributed by atoms with Crippen LogP contribution in [0, 0.1) is 11.3 Å². The third-order valence-electron chi connectivity index (χ3n) is 5.62. The number of hydrogen-bond acceptors (Lipinski definition) is 6. The van der Waals surface area contributed by atoms with Crippen molar-refractivity contribution < 1.29 is 24.5 Å². The minimum absolute atomic E-state index is 0.0156. The summed E-state index contributed by atoms with van der Waals surface area (Å²) < 4.78 is 11.0. The molecule has 1 atom stereocenters. The summed E-state index contributed by atoms with van der Waals surface area (Å²) in [4.78, 5) is 11.1. The number of carboxylic acid groups (broad SMARTS) is 1. The lowest BCUT2D eigenvalue weighted by atomic mass is 9.94. The van der Waals surface area contributed by atoms with Crippen molar-refractivity contribution in [3.63, 3.8) is 0 Å². The number of aromatic carboxylic acids is 1. The maximum atomic E-state index is 11.1. The summed E-state index contributed by atoms with van der Waals surface area (Å²) in [5, 5.41) is 32.4. The number of hydrogen-bond donors (Lipinski definition) is 3. The Morgan fingerprint density at radius 2 is 1.71 bits per heavy atom. The first-order valence-corrected chi connectivity index (χ1v) is 11.3. The first-order valence-electron chi connectivity index (χ1n) is 11.3. The molecule has 0 amide bonds. The second kappa shape index (κ2) is 11.5. The molecule has 3 rings (SSSR count). The summed E-state index contributed by atoms with van der Waals surface area (Å²) in [6, 6.07) is 21.6. The van der Waals surface area contributed by atoms with E-state index in [9.17, 15) is 15.2 Å². The highest BCUT2D eigenvalue weighted by Gasteiger charge is 2.20. The molecule has 0 aliphatic carbocycles. The van der Waals surface area contributed by atoms with Crippen molar-refractivity contribution in [2.75, 3.05) is 20.3 Å². The van der Waals surface area contributed by atoms with Gasteiger partial charge in [-0.25, -0.2) is 4.79 Å². The van der Waals surface area contributed by atoms with E-state index in [2.05, 4.69) is 25.2 Å². The van der Waals surface area contributed by atoms with Gasteiger partial charge in [0.2, 0.25) is 0 Å². The fraction of sp³-hybridized carbons (Fsp3) is 0.286. The van der Waals surface area contributed by atoms with E-state index in [1.165, 1.54) is 12.1 Å².